The number of hydrogen-bond donors (Lipinski definition) is 1. The molecule has 4 rings (SSSR count). The number of hydrogen-bond acceptors (Lipinski definition) is 9. The molecular formula is C23H31N7O2S. The molecule has 33 heavy (non-hydrogen) atoms. The molecule has 0 bridgehead atoms. The first-order valence-electron chi connectivity index (χ1n) is 11.0. The van der Waals surface area contributed by atoms with Gasteiger partial charge in [0, 0.05) is 64.2 Å². The van der Waals surface area contributed by atoms with Crippen LogP contribution in [0.2, 0.25) is 0 Å². The average Bonchev–Trinajstić information content (AvgIpc) is 3.44. The van der Waals surface area contributed by atoms with Gasteiger partial charge in [0.25, 0.3) is 5.56 Å². The maximum Gasteiger partial charge on any atom is 0.277 e. The topological polar surface area (TPSA) is 88.4 Å². The van der Waals surface area contributed by atoms with Crippen LogP contribution in [0.1, 0.15) is 18.2 Å². The minimum absolute atomic E-state index is 0.0457. The molecule has 1 saturated heterocycles. The van der Waals surface area contributed by atoms with Crippen molar-refractivity contribution in [1.82, 2.24) is 19.5 Å². The molecule has 0 saturated carbocycles. The quantitative estimate of drug-likeness (QED) is 0.565. The normalized spacial score (nSPS) is 18.1. The van der Waals surface area contributed by atoms with E-state index in [0.29, 0.717) is 30.4 Å². The third-order valence-electron chi connectivity index (χ3n) is 5.93. The Morgan fingerprint density at radius 2 is 2.06 bits per heavy atom. The van der Waals surface area contributed by atoms with E-state index < -0.39 is 0 Å². The Labute approximate surface area is 198 Å². The maximum atomic E-state index is 13.4. The van der Waals surface area contributed by atoms with E-state index in [4.69, 9.17) is 9.72 Å². The summed E-state index contributed by atoms with van der Waals surface area (Å²) in [5.74, 6) is 1.47. The summed E-state index contributed by atoms with van der Waals surface area (Å²) in [6.07, 6.45) is 3.54. The van der Waals surface area contributed by atoms with Crippen LogP contribution in [0.4, 0.5) is 16.6 Å². The number of nitrogens with one attached hydrogen (secondary N) is 1. The Morgan fingerprint density at radius 1 is 1.27 bits per heavy atom. The van der Waals surface area contributed by atoms with Gasteiger partial charge in [0.05, 0.1) is 17.8 Å². The number of ether oxygens (including phenoxy) is 1. The number of aromatic nitrogens is 4. The molecule has 10 heteroatoms. The molecule has 4 heterocycles. The summed E-state index contributed by atoms with van der Waals surface area (Å²) in [6.45, 7) is 7.91. The van der Waals surface area contributed by atoms with Crippen molar-refractivity contribution in [3.8, 4) is 11.4 Å². The van der Waals surface area contributed by atoms with Crippen molar-refractivity contribution in [1.29, 1.82) is 0 Å². The van der Waals surface area contributed by atoms with E-state index in [-0.39, 0.29) is 17.7 Å². The zero-order valence-corrected chi connectivity index (χ0v) is 20.8. The number of rotatable bonds is 7. The monoisotopic (exact) mass is 469 g/mol. The fourth-order valence-corrected chi connectivity index (χ4v) is 4.81. The Kier molecular flexibility index (Phi) is 6.66. The summed E-state index contributed by atoms with van der Waals surface area (Å²) in [5, 5.41) is 6.39. The van der Waals surface area contributed by atoms with Gasteiger partial charge >= 0.3 is 0 Å². The predicted octanol–water partition coefficient (Wildman–Crippen LogP) is 2.69. The number of thiazole rings is 1. The molecule has 0 aliphatic carbocycles. The summed E-state index contributed by atoms with van der Waals surface area (Å²) in [5.41, 5.74) is 2.91. The molecule has 3 aromatic rings. The van der Waals surface area contributed by atoms with E-state index in [0.717, 1.165) is 28.6 Å². The number of anilines is 3. The second-order valence-corrected chi connectivity index (χ2v) is 9.35. The Morgan fingerprint density at radius 3 is 2.70 bits per heavy atom. The van der Waals surface area contributed by atoms with Crippen LogP contribution in [0.5, 0.6) is 0 Å². The van der Waals surface area contributed by atoms with Gasteiger partial charge in [0.2, 0.25) is 0 Å². The molecule has 0 spiro atoms. The van der Waals surface area contributed by atoms with Gasteiger partial charge in [0.1, 0.15) is 17.3 Å². The summed E-state index contributed by atoms with van der Waals surface area (Å²) in [7, 11) is 5.66. The molecule has 176 valence electrons. The van der Waals surface area contributed by atoms with E-state index in [1.807, 2.05) is 51.2 Å². The number of pyridine rings is 1. The van der Waals surface area contributed by atoms with Gasteiger partial charge < -0.3 is 19.9 Å². The second kappa shape index (κ2) is 9.48. The molecule has 2 atom stereocenters. The van der Waals surface area contributed by atoms with E-state index in [9.17, 15) is 4.79 Å². The van der Waals surface area contributed by atoms with E-state index >= 15 is 0 Å². The fourth-order valence-electron chi connectivity index (χ4n) is 4.14. The van der Waals surface area contributed by atoms with Gasteiger partial charge in [0.15, 0.2) is 5.13 Å². The van der Waals surface area contributed by atoms with Crippen LogP contribution in [0, 0.1) is 13.8 Å². The van der Waals surface area contributed by atoms with Crippen molar-refractivity contribution in [3.63, 3.8) is 0 Å². The predicted molar refractivity (Wildman–Crippen MR) is 134 cm³/mol. The van der Waals surface area contributed by atoms with Crippen LogP contribution in [-0.4, -0.2) is 65.5 Å². The fraction of sp³-hybridized carbons (Fsp3) is 0.478. The molecule has 0 amide bonds. The highest BCUT2D eigenvalue weighted by molar-refractivity contribution is 7.13. The summed E-state index contributed by atoms with van der Waals surface area (Å²) >= 11 is 1.61. The van der Waals surface area contributed by atoms with E-state index in [1.54, 1.807) is 35.3 Å². The second-order valence-electron chi connectivity index (χ2n) is 8.48. The lowest BCUT2D eigenvalue weighted by Gasteiger charge is -2.22. The lowest BCUT2D eigenvalue weighted by atomic mass is 10.1. The van der Waals surface area contributed by atoms with Gasteiger partial charge in [-0.1, -0.05) is 0 Å². The molecule has 0 unspecified atom stereocenters. The molecule has 1 aliphatic heterocycles. The highest BCUT2D eigenvalue weighted by atomic mass is 32.1. The lowest BCUT2D eigenvalue weighted by Crippen LogP contribution is -2.38. The summed E-state index contributed by atoms with van der Waals surface area (Å²) in [6, 6.07) is 1.96. The van der Waals surface area contributed by atoms with Crippen molar-refractivity contribution in [2.45, 2.75) is 32.9 Å². The molecule has 9 nitrogen and oxygen atoms in total. The molecule has 1 aliphatic rings. The molecule has 1 fully saturated rings. The average molecular weight is 470 g/mol. The molecule has 1 N–H and O–H groups in total. The van der Waals surface area contributed by atoms with Crippen molar-refractivity contribution in [2.75, 3.05) is 48.9 Å². The van der Waals surface area contributed by atoms with Crippen LogP contribution in [0.15, 0.2) is 28.6 Å². The maximum absolute atomic E-state index is 13.4. The number of aryl methyl sites for hydroxylation is 2. The first-order chi connectivity index (χ1) is 15.8. The van der Waals surface area contributed by atoms with Crippen LogP contribution in [-0.2, 0) is 11.8 Å². The minimum Gasteiger partial charge on any atom is -0.374 e. The van der Waals surface area contributed by atoms with E-state index in [1.165, 1.54) is 0 Å². The van der Waals surface area contributed by atoms with Crippen LogP contribution in [0.3, 0.4) is 0 Å². The van der Waals surface area contributed by atoms with Gasteiger partial charge in [-0.3, -0.25) is 9.36 Å². The van der Waals surface area contributed by atoms with Crippen molar-refractivity contribution < 1.29 is 4.74 Å². The Hall–Kier alpha value is -2.98. The zero-order valence-electron chi connectivity index (χ0n) is 20.0. The van der Waals surface area contributed by atoms with Crippen molar-refractivity contribution in [2.24, 2.45) is 7.05 Å². The van der Waals surface area contributed by atoms with Crippen molar-refractivity contribution in [3.05, 3.63) is 45.5 Å². The highest BCUT2D eigenvalue weighted by Crippen LogP contribution is 2.27. The van der Waals surface area contributed by atoms with Gasteiger partial charge in [-0.25, -0.2) is 15.0 Å². The van der Waals surface area contributed by atoms with Crippen LogP contribution in [0.25, 0.3) is 11.4 Å². The summed E-state index contributed by atoms with van der Waals surface area (Å²) < 4.78 is 7.59. The zero-order chi connectivity index (χ0) is 23.7. The third kappa shape index (κ3) is 4.58. The lowest BCUT2D eigenvalue weighted by molar-refractivity contribution is 0.0720. The van der Waals surface area contributed by atoms with Crippen LogP contribution >= 0.6 is 11.3 Å². The third-order valence-corrected chi connectivity index (χ3v) is 6.77. The Bertz CT molecular complexity index is 1180. The molecule has 0 aromatic carbocycles. The smallest absolute Gasteiger partial charge is 0.277 e. The standard InChI is InChI=1S/C23H31N7O2S/c1-7-32-18-13-30(23-24-8-9-33-23)12-17(18)27-20-15(3)26-21(29(6)22(20)31)16-11-25-19(28(4)5)10-14(16)2/h8-11,17-18,27H,7,12-13H2,1-6H3/t17-,18+/m1/s1. The van der Waals surface area contributed by atoms with Gasteiger partial charge in [-0.15, -0.1) is 11.3 Å². The van der Waals surface area contributed by atoms with Crippen molar-refractivity contribution >= 4 is 28.0 Å². The van der Waals surface area contributed by atoms with E-state index in [2.05, 4.69) is 20.2 Å². The van der Waals surface area contributed by atoms with Gasteiger partial charge in [-0.05, 0) is 32.4 Å². The SMILES string of the molecule is CCO[C@H]1CN(c2nccs2)C[C@H]1Nc1c(C)nc(-c2cnc(N(C)C)cc2C)n(C)c1=O. The Balaban J connectivity index is 1.64. The van der Waals surface area contributed by atoms with Crippen LogP contribution < -0.4 is 20.7 Å². The number of nitrogens with zero attached hydrogens (tertiary/aromatic N) is 6. The first kappa shape index (κ1) is 23.2. The summed E-state index contributed by atoms with van der Waals surface area (Å²) in [4.78, 5) is 31.3. The first-order valence-corrected chi connectivity index (χ1v) is 11.9. The molecule has 3 aromatic heterocycles. The highest BCUT2D eigenvalue weighted by Gasteiger charge is 2.35. The van der Waals surface area contributed by atoms with Gasteiger partial charge in [-0.2, -0.15) is 0 Å². The molecule has 0 radical (unpaired) electrons. The largest absolute Gasteiger partial charge is 0.374 e. The minimum atomic E-state index is -0.114. The molecular weight excluding hydrogens is 438 g/mol.